The third-order valence-electron chi connectivity index (χ3n) is 2.82. The second-order valence-corrected chi connectivity index (χ2v) is 6.33. The standard InChI is InChI=1S/C11H18N2O4S/c1-4-8-6-9(13(3)12-8)7-18(16,17)10(5-2)11(14)15/h6,10H,4-5,7H2,1-3H3,(H,14,15). The summed E-state index contributed by atoms with van der Waals surface area (Å²) >= 11 is 0. The summed E-state index contributed by atoms with van der Waals surface area (Å²) in [6.07, 6.45) is 0.778. The van der Waals surface area contributed by atoms with Crippen LogP contribution in [0.5, 0.6) is 0 Å². The molecule has 0 saturated heterocycles. The number of hydrogen-bond donors (Lipinski definition) is 1. The zero-order valence-electron chi connectivity index (χ0n) is 10.8. The Morgan fingerprint density at radius 3 is 2.50 bits per heavy atom. The molecule has 18 heavy (non-hydrogen) atoms. The van der Waals surface area contributed by atoms with E-state index in [9.17, 15) is 13.2 Å². The quantitative estimate of drug-likeness (QED) is 0.827. The molecule has 6 nitrogen and oxygen atoms in total. The summed E-state index contributed by atoms with van der Waals surface area (Å²) in [6, 6.07) is 1.70. The summed E-state index contributed by atoms with van der Waals surface area (Å²) in [7, 11) is -2.04. The van der Waals surface area contributed by atoms with Crippen LogP contribution in [0.15, 0.2) is 6.07 Å². The minimum atomic E-state index is -3.70. The van der Waals surface area contributed by atoms with E-state index in [1.54, 1.807) is 20.0 Å². The average molecular weight is 274 g/mol. The molecule has 102 valence electrons. The molecule has 1 aromatic rings. The van der Waals surface area contributed by atoms with E-state index in [1.165, 1.54) is 4.68 Å². The number of carboxylic acid groups (broad SMARTS) is 1. The first-order chi connectivity index (χ1) is 8.31. The maximum atomic E-state index is 12.0. The summed E-state index contributed by atoms with van der Waals surface area (Å²) in [6.45, 7) is 3.48. The molecule has 0 fully saturated rings. The molecule has 1 atom stereocenters. The third-order valence-corrected chi connectivity index (χ3v) is 4.92. The molecule has 0 amide bonds. The maximum absolute atomic E-state index is 12.0. The monoisotopic (exact) mass is 274 g/mol. The molecular formula is C11H18N2O4S. The fraction of sp³-hybridized carbons (Fsp3) is 0.636. The molecule has 1 unspecified atom stereocenters. The Morgan fingerprint density at radius 2 is 2.11 bits per heavy atom. The van der Waals surface area contributed by atoms with Gasteiger partial charge in [-0.2, -0.15) is 5.10 Å². The van der Waals surface area contributed by atoms with Crippen LogP contribution in [0.4, 0.5) is 0 Å². The first kappa shape index (κ1) is 14.7. The topological polar surface area (TPSA) is 89.3 Å². The molecule has 0 radical (unpaired) electrons. The molecule has 1 aromatic heterocycles. The Hall–Kier alpha value is -1.37. The lowest BCUT2D eigenvalue weighted by Gasteiger charge is -2.11. The van der Waals surface area contributed by atoms with Crippen LogP contribution in [0.2, 0.25) is 0 Å². The van der Waals surface area contributed by atoms with Gasteiger partial charge in [0.1, 0.15) is 0 Å². The van der Waals surface area contributed by atoms with E-state index in [0.29, 0.717) is 12.1 Å². The highest BCUT2D eigenvalue weighted by molar-refractivity contribution is 7.92. The van der Waals surface area contributed by atoms with Crippen molar-refractivity contribution in [1.82, 2.24) is 9.78 Å². The largest absolute Gasteiger partial charge is 0.480 e. The van der Waals surface area contributed by atoms with Crippen LogP contribution in [-0.4, -0.2) is 34.5 Å². The van der Waals surface area contributed by atoms with Gasteiger partial charge in [-0.1, -0.05) is 13.8 Å². The Bertz CT molecular complexity index is 533. The predicted molar refractivity (Wildman–Crippen MR) is 66.9 cm³/mol. The Balaban J connectivity index is 3.01. The van der Waals surface area contributed by atoms with Crippen molar-refractivity contribution >= 4 is 15.8 Å². The van der Waals surface area contributed by atoms with Gasteiger partial charge >= 0.3 is 5.97 Å². The fourth-order valence-electron chi connectivity index (χ4n) is 1.77. The Labute approximate surface area is 107 Å². The summed E-state index contributed by atoms with van der Waals surface area (Å²) < 4.78 is 25.5. The van der Waals surface area contributed by atoms with Crippen molar-refractivity contribution in [2.24, 2.45) is 7.05 Å². The van der Waals surface area contributed by atoms with E-state index >= 15 is 0 Å². The normalized spacial score (nSPS) is 13.5. The van der Waals surface area contributed by atoms with Gasteiger partial charge < -0.3 is 5.11 Å². The van der Waals surface area contributed by atoms with E-state index in [2.05, 4.69) is 5.10 Å². The van der Waals surface area contributed by atoms with E-state index < -0.39 is 21.1 Å². The lowest BCUT2D eigenvalue weighted by atomic mass is 10.3. The predicted octanol–water partition coefficient (Wildman–Crippen LogP) is 0.760. The van der Waals surface area contributed by atoms with Crippen molar-refractivity contribution in [2.75, 3.05) is 0 Å². The summed E-state index contributed by atoms with van der Waals surface area (Å²) in [4.78, 5) is 10.9. The van der Waals surface area contributed by atoms with Crippen LogP contribution in [0.1, 0.15) is 31.7 Å². The van der Waals surface area contributed by atoms with Gasteiger partial charge in [-0.05, 0) is 18.9 Å². The van der Waals surface area contributed by atoms with E-state index in [-0.39, 0.29) is 12.2 Å². The smallest absolute Gasteiger partial charge is 0.321 e. The average Bonchev–Trinajstić information content (AvgIpc) is 2.58. The maximum Gasteiger partial charge on any atom is 0.321 e. The number of sulfone groups is 1. The van der Waals surface area contributed by atoms with Crippen molar-refractivity contribution in [3.63, 3.8) is 0 Å². The lowest BCUT2D eigenvalue weighted by Crippen LogP contribution is -2.31. The summed E-state index contributed by atoms with van der Waals surface area (Å²) in [5, 5.41) is 11.7. The minimum absolute atomic E-state index is 0.0656. The van der Waals surface area contributed by atoms with Crippen molar-refractivity contribution in [2.45, 2.75) is 37.7 Å². The zero-order chi connectivity index (χ0) is 13.9. The molecule has 0 saturated carbocycles. The molecule has 0 aliphatic rings. The molecule has 7 heteroatoms. The van der Waals surface area contributed by atoms with Gasteiger partial charge in [0.15, 0.2) is 15.1 Å². The minimum Gasteiger partial charge on any atom is -0.480 e. The highest BCUT2D eigenvalue weighted by atomic mass is 32.2. The van der Waals surface area contributed by atoms with Gasteiger partial charge in [-0.15, -0.1) is 0 Å². The second-order valence-electron chi connectivity index (χ2n) is 4.15. The Kier molecular flexibility index (Phi) is 4.50. The number of rotatable bonds is 6. The number of aliphatic carboxylic acids is 1. The van der Waals surface area contributed by atoms with Crippen LogP contribution < -0.4 is 0 Å². The number of carbonyl (C=O) groups is 1. The van der Waals surface area contributed by atoms with Gasteiger partial charge in [0.05, 0.1) is 17.1 Å². The number of hydrogen-bond acceptors (Lipinski definition) is 4. The fourth-order valence-corrected chi connectivity index (χ4v) is 3.47. The Morgan fingerprint density at radius 1 is 1.50 bits per heavy atom. The van der Waals surface area contributed by atoms with Crippen molar-refractivity contribution in [3.8, 4) is 0 Å². The van der Waals surface area contributed by atoms with Crippen molar-refractivity contribution < 1.29 is 18.3 Å². The number of carboxylic acids is 1. The van der Waals surface area contributed by atoms with E-state index in [1.807, 2.05) is 6.92 Å². The molecule has 1 heterocycles. The van der Waals surface area contributed by atoms with Gasteiger partial charge in [0, 0.05) is 7.05 Å². The first-order valence-corrected chi connectivity index (χ1v) is 7.49. The zero-order valence-corrected chi connectivity index (χ0v) is 11.6. The molecule has 0 aliphatic carbocycles. The summed E-state index contributed by atoms with van der Waals surface area (Å²) in [5.41, 5.74) is 1.32. The van der Waals surface area contributed by atoms with Crippen LogP contribution in [0.3, 0.4) is 0 Å². The SMILES string of the molecule is CCc1cc(CS(=O)(=O)C(CC)C(=O)O)n(C)n1. The van der Waals surface area contributed by atoms with Crippen molar-refractivity contribution in [3.05, 3.63) is 17.5 Å². The molecule has 1 N–H and O–H groups in total. The highest BCUT2D eigenvalue weighted by Crippen LogP contribution is 2.15. The number of aryl methyl sites for hydroxylation is 2. The number of aromatic nitrogens is 2. The molecule has 1 rings (SSSR count). The van der Waals surface area contributed by atoms with E-state index in [0.717, 1.165) is 5.69 Å². The van der Waals surface area contributed by atoms with E-state index in [4.69, 9.17) is 5.11 Å². The molecule has 0 spiro atoms. The number of nitrogens with zero attached hydrogens (tertiary/aromatic N) is 2. The van der Waals surface area contributed by atoms with Crippen LogP contribution in [-0.2, 0) is 33.9 Å². The molecular weight excluding hydrogens is 256 g/mol. The van der Waals surface area contributed by atoms with Crippen LogP contribution in [0, 0.1) is 0 Å². The molecule has 0 aromatic carbocycles. The van der Waals surface area contributed by atoms with Crippen molar-refractivity contribution in [1.29, 1.82) is 0 Å². The lowest BCUT2D eigenvalue weighted by molar-refractivity contribution is -0.136. The molecule has 0 bridgehead atoms. The van der Waals surface area contributed by atoms with Gasteiger partial charge in [-0.3, -0.25) is 9.48 Å². The van der Waals surface area contributed by atoms with Gasteiger partial charge in [0.2, 0.25) is 0 Å². The summed E-state index contributed by atoms with van der Waals surface area (Å²) in [5.74, 6) is -1.59. The molecule has 0 aliphatic heterocycles. The highest BCUT2D eigenvalue weighted by Gasteiger charge is 2.31. The van der Waals surface area contributed by atoms with Crippen LogP contribution >= 0.6 is 0 Å². The first-order valence-electron chi connectivity index (χ1n) is 5.78. The third kappa shape index (κ3) is 3.10. The second kappa shape index (κ2) is 5.51. The van der Waals surface area contributed by atoms with Gasteiger partial charge in [0.25, 0.3) is 0 Å². The van der Waals surface area contributed by atoms with Gasteiger partial charge in [-0.25, -0.2) is 8.42 Å². The van der Waals surface area contributed by atoms with Crippen LogP contribution in [0.25, 0.3) is 0 Å².